The van der Waals surface area contributed by atoms with Crippen LogP contribution in [0.25, 0.3) is 11.0 Å². The number of hydrogen-bond acceptors (Lipinski definition) is 3. The number of aromatic carboxylic acids is 1. The van der Waals surface area contributed by atoms with Crippen molar-refractivity contribution in [1.29, 1.82) is 0 Å². The predicted molar refractivity (Wildman–Crippen MR) is 47.5 cm³/mol. The van der Waals surface area contributed by atoms with Crippen molar-refractivity contribution < 1.29 is 9.90 Å². The van der Waals surface area contributed by atoms with E-state index < -0.39 is 5.97 Å². The van der Waals surface area contributed by atoms with E-state index >= 15 is 0 Å². The summed E-state index contributed by atoms with van der Waals surface area (Å²) in [5.41, 5.74) is 7.20. The average molecular weight is 177 g/mol. The number of imidazole rings is 1. The van der Waals surface area contributed by atoms with Gasteiger partial charge in [0.15, 0.2) is 0 Å². The Balaban J connectivity index is 2.75. The Labute approximate surface area is 73.2 Å². The fourth-order valence-electron chi connectivity index (χ4n) is 1.16. The van der Waals surface area contributed by atoms with Crippen molar-refractivity contribution >= 4 is 22.7 Å². The third-order valence-electron chi connectivity index (χ3n) is 1.75. The lowest BCUT2D eigenvalue weighted by Gasteiger charge is -1.90. The summed E-state index contributed by atoms with van der Waals surface area (Å²) >= 11 is 0. The van der Waals surface area contributed by atoms with E-state index in [4.69, 9.17) is 10.8 Å². The molecule has 0 aliphatic rings. The molecule has 66 valence electrons. The van der Waals surface area contributed by atoms with Crippen LogP contribution in [0.4, 0.5) is 5.69 Å². The molecule has 5 nitrogen and oxygen atoms in total. The van der Waals surface area contributed by atoms with Crippen molar-refractivity contribution in [2.24, 2.45) is 0 Å². The highest BCUT2D eigenvalue weighted by Crippen LogP contribution is 2.17. The number of nitrogens with one attached hydrogen (secondary N) is 1. The van der Waals surface area contributed by atoms with Crippen LogP contribution in [0, 0.1) is 0 Å². The van der Waals surface area contributed by atoms with Crippen LogP contribution in [0.5, 0.6) is 0 Å². The number of carbonyl (C=O) groups is 1. The number of rotatable bonds is 1. The Hall–Kier alpha value is -2.04. The summed E-state index contributed by atoms with van der Waals surface area (Å²) in [5, 5.41) is 8.64. The zero-order valence-electron chi connectivity index (χ0n) is 6.61. The topological polar surface area (TPSA) is 92.0 Å². The van der Waals surface area contributed by atoms with Gasteiger partial charge in [0.2, 0.25) is 5.82 Å². The summed E-state index contributed by atoms with van der Waals surface area (Å²) in [6, 6.07) is 5.14. The number of fused-ring (bicyclic) bond motifs is 1. The number of nitrogens with two attached hydrogens (primary N) is 1. The van der Waals surface area contributed by atoms with E-state index in [1.807, 2.05) is 0 Å². The van der Waals surface area contributed by atoms with Gasteiger partial charge in [-0.05, 0) is 12.1 Å². The van der Waals surface area contributed by atoms with Crippen molar-refractivity contribution in [3.63, 3.8) is 0 Å². The Bertz CT molecular complexity index is 475. The molecule has 0 saturated carbocycles. The molecule has 0 radical (unpaired) electrons. The van der Waals surface area contributed by atoms with Gasteiger partial charge < -0.3 is 15.8 Å². The molecule has 0 unspecified atom stereocenters. The molecule has 1 heterocycles. The molecule has 0 aliphatic heterocycles. The van der Waals surface area contributed by atoms with Crippen molar-refractivity contribution in [2.75, 3.05) is 5.73 Å². The first-order valence-electron chi connectivity index (χ1n) is 3.66. The number of carboxylic acids is 1. The van der Waals surface area contributed by atoms with E-state index in [1.165, 1.54) is 0 Å². The zero-order valence-corrected chi connectivity index (χ0v) is 6.61. The smallest absolute Gasteiger partial charge is 0.371 e. The summed E-state index contributed by atoms with van der Waals surface area (Å²) < 4.78 is 0. The van der Waals surface area contributed by atoms with Crippen LogP contribution in [0.3, 0.4) is 0 Å². The number of nitrogens with zero attached hydrogens (tertiary/aromatic N) is 1. The first kappa shape index (κ1) is 7.60. The minimum absolute atomic E-state index is 0.0899. The summed E-state index contributed by atoms with van der Waals surface area (Å²) in [6.07, 6.45) is 0. The van der Waals surface area contributed by atoms with Gasteiger partial charge in [0.05, 0.1) is 11.2 Å². The highest BCUT2D eigenvalue weighted by atomic mass is 16.4. The molecule has 4 N–H and O–H groups in total. The third kappa shape index (κ3) is 1.10. The molecule has 0 spiro atoms. The lowest BCUT2D eigenvalue weighted by molar-refractivity contribution is 0.0685. The number of aromatic amines is 1. The first-order chi connectivity index (χ1) is 6.18. The van der Waals surface area contributed by atoms with Crippen LogP contribution in [0.2, 0.25) is 0 Å². The number of benzene rings is 1. The minimum atomic E-state index is -1.09. The van der Waals surface area contributed by atoms with E-state index in [9.17, 15) is 4.79 Å². The molecule has 0 fully saturated rings. The quantitative estimate of drug-likeness (QED) is 0.563. The Morgan fingerprint density at radius 2 is 2.31 bits per heavy atom. The van der Waals surface area contributed by atoms with Gasteiger partial charge in [0.25, 0.3) is 0 Å². The van der Waals surface area contributed by atoms with Gasteiger partial charge in [-0.15, -0.1) is 0 Å². The van der Waals surface area contributed by atoms with Crippen LogP contribution < -0.4 is 5.73 Å². The molecule has 0 bridgehead atoms. The van der Waals surface area contributed by atoms with Crippen LogP contribution in [0.1, 0.15) is 10.6 Å². The van der Waals surface area contributed by atoms with Gasteiger partial charge in [0, 0.05) is 0 Å². The number of anilines is 1. The van der Waals surface area contributed by atoms with Crippen LogP contribution in [-0.4, -0.2) is 21.0 Å². The van der Waals surface area contributed by atoms with Crippen molar-refractivity contribution in [3.05, 3.63) is 24.0 Å². The van der Waals surface area contributed by atoms with Gasteiger partial charge in [-0.2, -0.15) is 0 Å². The second kappa shape index (κ2) is 2.48. The zero-order chi connectivity index (χ0) is 9.42. The van der Waals surface area contributed by atoms with E-state index in [-0.39, 0.29) is 5.82 Å². The summed E-state index contributed by atoms with van der Waals surface area (Å²) in [5.74, 6) is -1.18. The van der Waals surface area contributed by atoms with Gasteiger partial charge in [-0.25, -0.2) is 9.78 Å². The number of aromatic nitrogens is 2. The van der Waals surface area contributed by atoms with Crippen molar-refractivity contribution in [1.82, 2.24) is 9.97 Å². The van der Waals surface area contributed by atoms with E-state index in [1.54, 1.807) is 18.2 Å². The molecule has 0 saturated heterocycles. The maximum atomic E-state index is 10.5. The Morgan fingerprint density at radius 3 is 2.92 bits per heavy atom. The predicted octanol–water partition coefficient (Wildman–Crippen LogP) is 0.843. The standard InChI is InChI=1S/C8H7N3O2/c9-4-2-1-3-5-6(4)11-7(10-5)8(12)13/h1-3H,9H2,(H,10,11)(H,12,13). The highest BCUT2D eigenvalue weighted by Gasteiger charge is 2.10. The molecule has 0 atom stereocenters. The summed E-state index contributed by atoms with van der Waals surface area (Å²) in [7, 11) is 0. The van der Waals surface area contributed by atoms with Gasteiger partial charge in [0.1, 0.15) is 5.52 Å². The number of H-pyrrole nitrogens is 1. The first-order valence-corrected chi connectivity index (χ1v) is 3.66. The second-order valence-corrected chi connectivity index (χ2v) is 2.63. The Morgan fingerprint density at radius 1 is 1.54 bits per heavy atom. The summed E-state index contributed by atoms with van der Waals surface area (Å²) in [6.45, 7) is 0. The van der Waals surface area contributed by atoms with Crippen LogP contribution >= 0.6 is 0 Å². The molecular weight excluding hydrogens is 170 g/mol. The lowest BCUT2D eigenvalue weighted by Crippen LogP contribution is -1.98. The molecule has 5 heteroatoms. The number of para-hydroxylation sites is 1. The minimum Gasteiger partial charge on any atom is -0.475 e. The fraction of sp³-hybridized carbons (Fsp3) is 0. The van der Waals surface area contributed by atoms with E-state index in [0.29, 0.717) is 16.7 Å². The summed E-state index contributed by atoms with van der Waals surface area (Å²) in [4.78, 5) is 17.0. The largest absolute Gasteiger partial charge is 0.475 e. The second-order valence-electron chi connectivity index (χ2n) is 2.63. The van der Waals surface area contributed by atoms with E-state index in [0.717, 1.165) is 0 Å². The maximum absolute atomic E-state index is 10.5. The molecule has 2 aromatic rings. The molecule has 1 aromatic carbocycles. The molecule has 2 rings (SSSR count). The normalized spacial score (nSPS) is 10.5. The monoisotopic (exact) mass is 177 g/mol. The molecular formula is C8H7N3O2. The highest BCUT2D eigenvalue weighted by molar-refractivity contribution is 5.93. The molecule has 0 amide bonds. The third-order valence-corrected chi connectivity index (χ3v) is 1.75. The van der Waals surface area contributed by atoms with Crippen molar-refractivity contribution in [2.45, 2.75) is 0 Å². The SMILES string of the molecule is Nc1cccc2[nH]c(C(=O)O)nc12. The number of carboxylic acid groups (broad SMARTS) is 1. The maximum Gasteiger partial charge on any atom is 0.371 e. The van der Waals surface area contributed by atoms with Gasteiger partial charge >= 0.3 is 5.97 Å². The van der Waals surface area contributed by atoms with Crippen LogP contribution in [-0.2, 0) is 0 Å². The number of nitrogen functional groups attached to an aromatic ring is 1. The number of hydrogen-bond donors (Lipinski definition) is 3. The average Bonchev–Trinajstić information content (AvgIpc) is 2.49. The van der Waals surface area contributed by atoms with Gasteiger partial charge in [-0.3, -0.25) is 0 Å². The lowest BCUT2D eigenvalue weighted by atomic mass is 10.3. The van der Waals surface area contributed by atoms with Gasteiger partial charge in [-0.1, -0.05) is 6.07 Å². The molecule has 0 aliphatic carbocycles. The molecule has 13 heavy (non-hydrogen) atoms. The fourth-order valence-corrected chi connectivity index (χ4v) is 1.16. The molecule has 1 aromatic heterocycles. The van der Waals surface area contributed by atoms with Crippen molar-refractivity contribution in [3.8, 4) is 0 Å². The van der Waals surface area contributed by atoms with E-state index in [2.05, 4.69) is 9.97 Å². The Kier molecular flexibility index (Phi) is 1.45. The van der Waals surface area contributed by atoms with Crippen LogP contribution in [0.15, 0.2) is 18.2 Å².